The van der Waals surface area contributed by atoms with Gasteiger partial charge in [0.15, 0.2) is 0 Å². The van der Waals surface area contributed by atoms with E-state index < -0.39 is 29.4 Å². The van der Waals surface area contributed by atoms with Gasteiger partial charge in [-0.3, -0.25) is 9.59 Å². The van der Waals surface area contributed by atoms with Crippen LogP contribution in [0.3, 0.4) is 0 Å². The van der Waals surface area contributed by atoms with E-state index in [0.717, 1.165) is 12.1 Å². The van der Waals surface area contributed by atoms with Gasteiger partial charge in [0.2, 0.25) is 0 Å². The van der Waals surface area contributed by atoms with E-state index in [2.05, 4.69) is 0 Å². The molecular formula is C13H13F2NO3. The summed E-state index contributed by atoms with van der Waals surface area (Å²) in [4.78, 5) is 24.2. The predicted molar refractivity (Wildman–Crippen MR) is 62.6 cm³/mol. The lowest BCUT2D eigenvalue weighted by Gasteiger charge is -2.30. The highest BCUT2D eigenvalue weighted by Crippen LogP contribution is 2.20. The lowest BCUT2D eigenvalue weighted by Crippen LogP contribution is -2.40. The van der Waals surface area contributed by atoms with Crippen LogP contribution < -0.4 is 0 Å². The molecule has 102 valence electrons. The number of halogens is 2. The Morgan fingerprint density at radius 1 is 1.21 bits per heavy atom. The highest BCUT2D eigenvalue weighted by atomic mass is 19.1. The molecule has 1 aromatic carbocycles. The van der Waals surface area contributed by atoms with Crippen LogP contribution in [-0.2, 0) is 4.79 Å². The van der Waals surface area contributed by atoms with Gasteiger partial charge in [0, 0.05) is 19.2 Å². The number of hydrogen-bond donors (Lipinski definition) is 1. The molecule has 0 unspecified atom stereocenters. The second-order valence-corrected chi connectivity index (χ2v) is 4.53. The number of likely N-dealkylation sites (tertiary alicyclic amines) is 1. The molecule has 1 fully saturated rings. The molecule has 1 saturated heterocycles. The molecule has 1 aliphatic heterocycles. The van der Waals surface area contributed by atoms with Gasteiger partial charge in [-0.25, -0.2) is 8.78 Å². The van der Waals surface area contributed by atoms with E-state index in [-0.39, 0.29) is 18.7 Å². The lowest BCUT2D eigenvalue weighted by molar-refractivity contribution is -0.143. The molecule has 0 radical (unpaired) electrons. The van der Waals surface area contributed by atoms with Crippen molar-refractivity contribution >= 4 is 11.9 Å². The topological polar surface area (TPSA) is 57.6 Å². The van der Waals surface area contributed by atoms with Crippen LogP contribution in [0.1, 0.15) is 23.2 Å². The molecule has 1 aliphatic rings. The summed E-state index contributed by atoms with van der Waals surface area (Å²) < 4.78 is 26.2. The van der Waals surface area contributed by atoms with E-state index >= 15 is 0 Å². The van der Waals surface area contributed by atoms with Crippen LogP contribution in [-0.4, -0.2) is 35.0 Å². The minimum Gasteiger partial charge on any atom is -0.481 e. The molecule has 1 aromatic rings. The van der Waals surface area contributed by atoms with E-state index in [1.165, 1.54) is 4.90 Å². The minimum atomic E-state index is -0.898. The van der Waals surface area contributed by atoms with Crippen molar-refractivity contribution in [3.63, 3.8) is 0 Å². The number of hydrogen-bond acceptors (Lipinski definition) is 2. The van der Waals surface area contributed by atoms with Crippen LogP contribution in [0, 0.1) is 17.6 Å². The molecule has 1 heterocycles. The Morgan fingerprint density at radius 3 is 2.37 bits per heavy atom. The van der Waals surface area contributed by atoms with Gasteiger partial charge in [0.1, 0.15) is 11.6 Å². The van der Waals surface area contributed by atoms with E-state index in [1.807, 2.05) is 0 Å². The SMILES string of the molecule is O=C(O)C1CCN(C(=O)c2ccc(F)cc2F)CC1. The lowest BCUT2D eigenvalue weighted by atomic mass is 9.96. The Bertz CT molecular complexity index is 511. The first-order valence-corrected chi connectivity index (χ1v) is 5.96. The monoisotopic (exact) mass is 269 g/mol. The molecule has 0 aliphatic carbocycles. The van der Waals surface area contributed by atoms with Crippen molar-refractivity contribution in [3.8, 4) is 0 Å². The number of aliphatic carboxylic acids is 1. The zero-order chi connectivity index (χ0) is 14.0. The largest absolute Gasteiger partial charge is 0.481 e. The normalized spacial score (nSPS) is 16.4. The first-order valence-electron chi connectivity index (χ1n) is 5.96. The molecule has 1 N–H and O–H groups in total. The summed E-state index contributed by atoms with van der Waals surface area (Å²) in [6.07, 6.45) is 0.702. The molecule has 0 saturated carbocycles. The summed E-state index contributed by atoms with van der Waals surface area (Å²) >= 11 is 0. The third-order valence-corrected chi connectivity index (χ3v) is 3.29. The highest BCUT2D eigenvalue weighted by Gasteiger charge is 2.28. The highest BCUT2D eigenvalue weighted by molar-refractivity contribution is 5.94. The molecular weight excluding hydrogens is 256 g/mol. The average molecular weight is 269 g/mol. The fourth-order valence-corrected chi connectivity index (χ4v) is 2.16. The summed E-state index contributed by atoms with van der Waals surface area (Å²) in [5.41, 5.74) is -0.185. The van der Waals surface area contributed by atoms with Gasteiger partial charge in [0.05, 0.1) is 11.5 Å². The molecule has 19 heavy (non-hydrogen) atoms. The molecule has 6 heteroatoms. The van der Waals surface area contributed by atoms with Crippen molar-refractivity contribution < 1.29 is 23.5 Å². The maximum absolute atomic E-state index is 13.5. The van der Waals surface area contributed by atoms with E-state index in [1.54, 1.807) is 0 Å². The number of benzene rings is 1. The van der Waals surface area contributed by atoms with Crippen molar-refractivity contribution in [2.45, 2.75) is 12.8 Å². The summed E-state index contributed by atoms with van der Waals surface area (Å²) in [5, 5.41) is 8.85. The van der Waals surface area contributed by atoms with Crippen LogP contribution in [0.15, 0.2) is 18.2 Å². The fraction of sp³-hybridized carbons (Fsp3) is 0.385. The smallest absolute Gasteiger partial charge is 0.306 e. The molecule has 0 atom stereocenters. The molecule has 1 amide bonds. The molecule has 4 nitrogen and oxygen atoms in total. The van der Waals surface area contributed by atoms with Crippen LogP contribution in [0.4, 0.5) is 8.78 Å². The Hall–Kier alpha value is -1.98. The maximum Gasteiger partial charge on any atom is 0.306 e. The zero-order valence-electron chi connectivity index (χ0n) is 10.1. The van der Waals surface area contributed by atoms with Crippen LogP contribution in [0.2, 0.25) is 0 Å². The van der Waals surface area contributed by atoms with E-state index in [0.29, 0.717) is 18.9 Å². The van der Waals surface area contributed by atoms with E-state index in [4.69, 9.17) is 5.11 Å². The molecule has 0 bridgehead atoms. The van der Waals surface area contributed by atoms with Crippen molar-refractivity contribution in [2.75, 3.05) is 13.1 Å². The van der Waals surface area contributed by atoms with Crippen molar-refractivity contribution in [1.29, 1.82) is 0 Å². The standard InChI is InChI=1S/C13H13F2NO3/c14-9-1-2-10(11(15)7-9)12(17)16-5-3-8(4-6-16)13(18)19/h1-2,7-8H,3-6H2,(H,18,19). The van der Waals surface area contributed by atoms with Gasteiger partial charge >= 0.3 is 5.97 Å². The van der Waals surface area contributed by atoms with E-state index in [9.17, 15) is 18.4 Å². The Morgan fingerprint density at radius 2 is 1.84 bits per heavy atom. The van der Waals surface area contributed by atoms with Crippen molar-refractivity contribution in [1.82, 2.24) is 4.90 Å². The van der Waals surface area contributed by atoms with Gasteiger partial charge < -0.3 is 10.0 Å². The summed E-state index contributed by atoms with van der Waals surface area (Å²) in [6, 6.07) is 2.80. The predicted octanol–water partition coefficient (Wildman–Crippen LogP) is 1.90. The summed E-state index contributed by atoms with van der Waals surface area (Å²) in [5.74, 6) is -3.49. The number of carboxylic acids is 1. The number of carbonyl (C=O) groups is 2. The number of carboxylic acid groups (broad SMARTS) is 1. The number of amides is 1. The number of piperidine rings is 1. The maximum atomic E-state index is 13.5. The fourth-order valence-electron chi connectivity index (χ4n) is 2.16. The molecule has 0 spiro atoms. The van der Waals surface area contributed by atoms with Crippen LogP contribution in [0.25, 0.3) is 0 Å². The van der Waals surface area contributed by atoms with Gasteiger partial charge in [-0.05, 0) is 25.0 Å². The molecule has 2 rings (SSSR count). The Kier molecular flexibility index (Phi) is 3.78. The zero-order valence-corrected chi connectivity index (χ0v) is 10.1. The number of nitrogens with zero attached hydrogens (tertiary/aromatic N) is 1. The van der Waals surface area contributed by atoms with Crippen molar-refractivity contribution in [3.05, 3.63) is 35.4 Å². The second kappa shape index (κ2) is 5.34. The van der Waals surface area contributed by atoms with Gasteiger partial charge in [-0.2, -0.15) is 0 Å². The Labute approximate surface area is 108 Å². The molecule has 0 aromatic heterocycles. The van der Waals surface area contributed by atoms with Gasteiger partial charge in [-0.1, -0.05) is 0 Å². The summed E-state index contributed by atoms with van der Waals surface area (Å²) in [6.45, 7) is 0.541. The van der Waals surface area contributed by atoms with Crippen LogP contribution in [0.5, 0.6) is 0 Å². The third-order valence-electron chi connectivity index (χ3n) is 3.29. The van der Waals surface area contributed by atoms with Crippen LogP contribution >= 0.6 is 0 Å². The average Bonchev–Trinajstić information content (AvgIpc) is 2.38. The number of rotatable bonds is 2. The Balaban J connectivity index is 2.07. The quantitative estimate of drug-likeness (QED) is 0.892. The minimum absolute atomic E-state index is 0.185. The third kappa shape index (κ3) is 2.89. The summed E-state index contributed by atoms with van der Waals surface area (Å²) in [7, 11) is 0. The van der Waals surface area contributed by atoms with Gasteiger partial charge in [-0.15, -0.1) is 0 Å². The first-order chi connectivity index (χ1) is 8.99. The second-order valence-electron chi connectivity index (χ2n) is 4.53. The first kappa shape index (κ1) is 13.5. The van der Waals surface area contributed by atoms with Crippen molar-refractivity contribution in [2.24, 2.45) is 5.92 Å². The van der Waals surface area contributed by atoms with Gasteiger partial charge in [0.25, 0.3) is 5.91 Å². The number of carbonyl (C=O) groups excluding carboxylic acids is 1.